The van der Waals surface area contributed by atoms with Gasteiger partial charge in [-0.15, -0.1) is 0 Å². The van der Waals surface area contributed by atoms with Crippen molar-refractivity contribution in [1.29, 1.82) is 0 Å². The molecular weight excluding hydrogens is 185 g/mol. The number of ether oxygens (including phenoxy) is 1. The third kappa shape index (κ3) is 1.70. The van der Waals surface area contributed by atoms with Crippen LogP contribution in [0.15, 0.2) is 12.1 Å². The lowest BCUT2D eigenvalue weighted by Gasteiger charge is -2.04. The van der Waals surface area contributed by atoms with Gasteiger partial charge in [0.2, 0.25) is 0 Å². The molecule has 0 aliphatic rings. The maximum absolute atomic E-state index is 7.22. The maximum atomic E-state index is 7.22. The first-order valence-electron chi connectivity index (χ1n) is 2.90. The molecule has 1 aromatic rings. The van der Waals surface area contributed by atoms with Gasteiger partial charge >= 0.3 is 0 Å². The normalized spacial score (nSPS) is 9.73. The minimum Gasteiger partial charge on any atom is -0.494 e. The van der Waals surface area contributed by atoms with Gasteiger partial charge in [0.25, 0.3) is 0 Å². The Labute approximate surface area is 74.9 Å². The molecule has 0 heterocycles. The van der Waals surface area contributed by atoms with E-state index in [1.807, 2.05) is 0 Å². The molecule has 0 fully saturated rings. The van der Waals surface area contributed by atoms with Crippen molar-refractivity contribution in [2.45, 2.75) is 0 Å². The number of halogens is 2. The van der Waals surface area contributed by atoms with E-state index in [1.54, 1.807) is 0 Å². The van der Waals surface area contributed by atoms with Crippen LogP contribution in [0.3, 0.4) is 0 Å². The van der Waals surface area contributed by atoms with Crippen LogP contribution in [0.2, 0.25) is 10.0 Å². The largest absolute Gasteiger partial charge is 0.494 e. The van der Waals surface area contributed by atoms with E-state index in [-0.39, 0.29) is 5.69 Å². The Morgan fingerprint density at radius 3 is 2.09 bits per heavy atom. The molecule has 0 saturated heterocycles. The zero-order chi connectivity index (χ0) is 8.43. The first-order chi connectivity index (χ1) is 5.15. The van der Waals surface area contributed by atoms with Gasteiger partial charge in [-0.25, -0.2) is 0 Å². The minimum absolute atomic E-state index is 0.279. The van der Waals surface area contributed by atoms with Crippen molar-refractivity contribution < 1.29 is 4.74 Å². The van der Waals surface area contributed by atoms with E-state index < -0.39 is 0 Å². The number of hydrogen-bond acceptors (Lipinski definition) is 1. The highest BCUT2D eigenvalue weighted by Gasteiger charge is 2.06. The molecule has 0 aromatic heterocycles. The van der Waals surface area contributed by atoms with Crippen LogP contribution in [0.1, 0.15) is 0 Å². The lowest BCUT2D eigenvalue weighted by atomic mass is 10.3. The van der Waals surface area contributed by atoms with Gasteiger partial charge in [0.05, 0.1) is 22.8 Å². The Morgan fingerprint density at radius 1 is 1.27 bits per heavy atom. The number of rotatable bonds is 1. The Kier molecular flexibility index (Phi) is 2.47. The number of hydrogen-bond donors (Lipinski definition) is 0. The molecule has 0 aliphatic heterocycles. The van der Waals surface area contributed by atoms with E-state index >= 15 is 0 Å². The van der Waals surface area contributed by atoms with Gasteiger partial charge in [0.15, 0.2) is 5.75 Å². The summed E-state index contributed by atoms with van der Waals surface area (Å²) in [5.74, 6) is 0.421. The van der Waals surface area contributed by atoms with Crippen LogP contribution >= 0.6 is 23.2 Å². The zero-order valence-corrected chi connectivity index (χ0v) is 7.33. The average Bonchev–Trinajstić information content (AvgIpc) is 1.85. The van der Waals surface area contributed by atoms with Crippen molar-refractivity contribution in [3.05, 3.63) is 22.2 Å². The quantitative estimate of drug-likeness (QED) is 0.671. The summed E-state index contributed by atoms with van der Waals surface area (Å²) in [6.45, 7) is 0. The van der Waals surface area contributed by atoms with Crippen LogP contribution in [0.5, 0.6) is 5.75 Å². The Bertz CT molecular complexity index is 252. The van der Waals surface area contributed by atoms with E-state index in [2.05, 4.69) is 0 Å². The summed E-state index contributed by atoms with van der Waals surface area (Å²) in [6, 6.07) is 2.96. The Morgan fingerprint density at radius 2 is 1.73 bits per heavy atom. The van der Waals surface area contributed by atoms with E-state index in [1.165, 1.54) is 19.2 Å². The van der Waals surface area contributed by atoms with Gasteiger partial charge in [-0.2, -0.15) is 0 Å². The monoisotopic (exact) mass is 190 g/mol. The highest BCUT2D eigenvalue weighted by atomic mass is 35.5. The number of nitrogens with one attached hydrogen (secondary N) is 1. The molecule has 2 nitrogen and oxygen atoms in total. The molecule has 1 rings (SSSR count). The number of benzene rings is 1. The smallest absolute Gasteiger partial charge is 0.156 e. The van der Waals surface area contributed by atoms with Gasteiger partial charge in [-0.1, -0.05) is 23.2 Å². The number of methoxy groups -OCH3 is 1. The molecule has 11 heavy (non-hydrogen) atoms. The molecular formula is C7H6Cl2NO. The lowest BCUT2D eigenvalue weighted by molar-refractivity contribution is 0.415. The Balaban J connectivity index is 3.25. The second kappa shape index (κ2) is 3.20. The molecule has 1 radical (unpaired) electrons. The second-order valence-electron chi connectivity index (χ2n) is 1.97. The van der Waals surface area contributed by atoms with Crippen LogP contribution in [-0.2, 0) is 0 Å². The Hall–Kier alpha value is -0.600. The van der Waals surface area contributed by atoms with Gasteiger partial charge in [0.1, 0.15) is 0 Å². The van der Waals surface area contributed by atoms with Crippen molar-refractivity contribution >= 4 is 28.9 Å². The average molecular weight is 191 g/mol. The van der Waals surface area contributed by atoms with E-state index in [0.717, 1.165) is 0 Å². The molecule has 0 aliphatic carbocycles. The van der Waals surface area contributed by atoms with Crippen molar-refractivity contribution in [2.75, 3.05) is 7.11 Å². The predicted molar refractivity (Wildman–Crippen MR) is 45.8 cm³/mol. The third-order valence-electron chi connectivity index (χ3n) is 1.20. The fraction of sp³-hybridized carbons (Fsp3) is 0.143. The molecule has 0 amide bonds. The molecule has 0 spiro atoms. The van der Waals surface area contributed by atoms with Gasteiger partial charge in [0, 0.05) is 0 Å². The molecule has 59 valence electrons. The highest BCUT2D eigenvalue weighted by molar-refractivity contribution is 6.37. The summed E-state index contributed by atoms with van der Waals surface area (Å²) in [7, 11) is 1.48. The standard InChI is InChI=1S/C7H6Cl2NO/c1-11-7-5(8)2-4(10)3-6(7)9/h2-3,10H,1H3. The summed E-state index contributed by atoms with van der Waals surface area (Å²) in [5, 5.41) is 0.731. The summed E-state index contributed by atoms with van der Waals surface area (Å²) in [5.41, 5.74) is 7.50. The molecule has 4 heteroatoms. The molecule has 0 saturated carbocycles. The fourth-order valence-corrected chi connectivity index (χ4v) is 1.40. The SMILES string of the molecule is COc1c(Cl)cc([NH])cc1Cl. The van der Waals surface area contributed by atoms with Crippen LogP contribution in [0, 0.1) is 0 Å². The van der Waals surface area contributed by atoms with Crippen molar-refractivity contribution in [1.82, 2.24) is 5.73 Å². The fourth-order valence-electron chi connectivity index (χ4n) is 0.755. The van der Waals surface area contributed by atoms with Gasteiger partial charge in [-0.05, 0) is 12.1 Å². The molecule has 0 bridgehead atoms. The predicted octanol–water partition coefficient (Wildman–Crippen LogP) is 2.92. The topological polar surface area (TPSA) is 33.0 Å². The zero-order valence-electron chi connectivity index (χ0n) is 5.82. The van der Waals surface area contributed by atoms with Crippen molar-refractivity contribution in [3.63, 3.8) is 0 Å². The maximum Gasteiger partial charge on any atom is 0.156 e. The van der Waals surface area contributed by atoms with Crippen molar-refractivity contribution in [3.8, 4) is 5.75 Å². The lowest BCUT2D eigenvalue weighted by Crippen LogP contribution is -1.85. The minimum atomic E-state index is 0.279. The van der Waals surface area contributed by atoms with E-state index in [4.69, 9.17) is 33.7 Å². The van der Waals surface area contributed by atoms with Crippen LogP contribution < -0.4 is 10.5 Å². The molecule has 1 aromatic carbocycles. The summed E-state index contributed by atoms with van der Waals surface area (Å²) in [6.07, 6.45) is 0. The first-order valence-corrected chi connectivity index (χ1v) is 3.65. The summed E-state index contributed by atoms with van der Waals surface area (Å²) in [4.78, 5) is 0. The highest BCUT2D eigenvalue weighted by Crippen LogP contribution is 2.34. The molecule has 0 unspecified atom stereocenters. The summed E-state index contributed by atoms with van der Waals surface area (Å²) < 4.78 is 4.88. The third-order valence-corrected chi connectivity index (χ3v) is 1.76. The summed E-state index contributed by atoms with van der Waals surface area (Å²) >= 11 is 11.4. The second-order valence-corrected chi connectivity index (χ2v) is 2.79. The molecule has 1 N–H and O–H groups in total. The van der Waals surface area contributed by atoms with Crippen LogP contribution in [0.4, 0.5) is 5.69 Å². The first kappa shape index (κ1) is 8.50. The van der Waals surface area contributed by atoms with Crippen molar-refractivity contribution in [2.24, 2.45) is 0 Å². The van der Waals surface area contributed by atoms with Crippen LogP contribution in [0.25, 0.3) is 0 Å². The van der Waals surface area contributed by atoms with Gasteiger partial charge in [-0.3, -0.25) is 0 Å². The van der Waals surface area contributed by atoms with Gasteiger partial charge < -0.3 is 10.5 Å². The molecule has 0 atom stereocenters. The van der Waals surface area contributed by atoms with E-state index in [9.17, 15) is 0 Å². The van der Waals surface area contributed by atoms with E-state index in [0.29, 0.717) is 15.8 Å². The van der Waals surface area contributed by atoms with Crippen LogP contribution in [-0.4, -0.2) is 7.11 Å².